The number of nitrogens with one attached hydrogen (secondary N) is 3. The van der Waals surface area contributed by atoms with Crippen LogP contribution in [0.15, 0.2) is 77.7 Å². The van der Waals surface area contributed by atoms with Crippen molar-refractivity contribution in [2.75, 3.05) is 22.6 Å². The maximum atomic E-state index is 12.8. The molecule has 0 aliphatic rings. The van der Waals surface area contributed by atoms with Crippen LogP contribution in [-0.2, 0) is 4.79 Å². The van der Waals surface area contributed by atoms with Gasteiger partial charge in [0.1, 0.15) is 5.75 Å². The molecular weight excluding hydrogens is 466 g/mol. The first-order valence-electron chi connectivity index (χ1n) is 10.8. The van der Waals surface area contributed by atoms with Gasteiger partial charge in [0.2, 0.25) is 5.91 Å². The standard InChI is InChI=1S/C26H27N3O3S2/c1-4-32-24-11-6-5-10-23(24)29-25(31)18(3)34-22-9-7-8-21(16-22)28-26(33)27-20-14-12-19(13-15-20)17(2)30/h5-16,18H,4H2,1-3H3,(H,29,31)(H2,27,28,33). The molecule has 0 fully saturated rings. The van der Waals surface area contributed by atoms with E-state index in [0.717, 1.165) is 16.3 Å². The summed E-state index contributed by atoms with van der Waals surface area (Å²) in [5.41, 5.74) is 2.89. The second-order valence-corrected chi connectivity index (χ2v) is 9.24. The quantitative estimate of drug-likeness (QED) is 0.186. The molecule has 0 heterocycles. The van der Waals surface area contributed by atoms with Crippen molar-refractivity contribution in [3.05, 3.63) is 78.4 Å². The zero-order valence-electron chi connectivity index (χ0n) is 19.3. The van der Waals surface area contributed by atoms with Crippen molar-refractivity contribution in [2.24, 2.45) is 0 Å². The highest BCUT2D eigenvalue weighted by molar-refractivity contribution is 8.00. The molecule has 0 saturated carbocycles. The number of thioether (sulfide) groups is 1. The molecule has 1 atom stereocenters. The van der Waals surface area contributed by atoms with Gasteiger partial charge in [0, 0.05) is 21.8 Å². The Labute approximate surface area is 209 Å². The van der Waals surface area contributed by atoms with Gasteiger partial charge in [-0.3, -0.25) is 9.59 Å². The molecule has 0 spiro atoms. The zero-order chi connectivity index (χ0) is 24.5. The molecule has 3 rings (SSSR count). The normalized spacial score (nSPS) is 11.3. The third kappa shape index (κ3) is 7.33. The minimum absolute atomic E-state index is 0.0166. The van der Waals surface area contributed by atoms with E-state index in [-0.39, 0.29) is 16.9 Å². The van der Waals surface area contributed by atoms with E-state index in [1.807, 2.05) is 62.4 Å². The molecule has 0 aliphatic heterocycles. The fourth-order valence-electron chi connectivity index (χ4n) is 3.07. The lowest BCUT2D eigenvalue weighted by atomic mass is 10.1. The van der Waals surface area contributed by atoms with Gasteiger partial charge < -0.3 is 20.7 Å². The van der Waals surface area contributed by atoms with Crippen molar-refractivity contribution in [3.8, 4) is 5.75 Å². The molecule has 0 bridgehead atoms. The lowest BCUT2D eigenvalue weighted by Crippen LogP contribution is -2.22. The minimum atomic E-state index is -0.324. The van der Waals surface area contributed by atoms with Crippen molar-refractivity contribution >= 4 is 57.8 Å². The van der Waals surface area contributed by atoms with E-state index in [1.165, 1.54) is 18.7 Å². The minimum Gasteiger partial charge on any atom is -0.492 e. The van der Waals surface area contributed by atoms with Gasteiger partial charge in [-0.1, -0.05) is 18.2 Å². The number of rotatable bonds is 9. The predicted octanol–water partition coefficient (Wildman–Crippen LogP) is 6.22. The van der Waals surface area contributed by atoms with E-state index < -0.39 is 0 Å². The number of benzene rings is 3. The van der Waals surface area contributed by atoms with Gasteiger partial charge in [-0.2, -0.15) is 0 Å². The topological polar surface area (TPSA) is 79.5 Å². The van der Waals surface area contributed by atoms with Crippen molar-refractivity contribution in [2.45, 2.75) is 30.9 Å². The van der Waals surface area contributed by atoms with Crippen LogP contribution in [0.25, 0.3) is 0 Å². The van der Waals surface area contributed by atoms with E-state index >= 15 is 0 Å². The Hall–Kier alpha value is -3.36. The summed E-state index contributed by atoms with van der Waals surface area (Å²) in [5.74, 6) is 0.559. The summed E-state index contributed by atoms with van der Waals surface area (Å²) in [7, 11) is 0. The molecule has 3 N–H and O–H groups in total. The number of ketones is 1. The molecule has 34 heavy (non-hydrogen) atoms. The molecule has 1 amide bonds. The van der Waals surface area contributed by atoms with Crippen LogP contribution in [0.5, 0.6) is 5.75 Å². The fourth-order valence-corrected chi connectivity index (χ4v) is 4.23. The lowest BCUT2D eigenvalue weighted by molar-refractivity contribution is -0.115. The number of amides is 1. The average molecular weight is 494 g/mol. The molecule has 6 nitrogen and oxygen atoms in total. The predicted molar refractivity (Wildman–Crippen MR) is 144 cm³/mol. The van der Waals surface area contributed by atoms with Gasteiger partial charge in [0.15, 0.2) is 10.9 Å². The fraction of sp³-hybridized carbons (Fsp3) is 0.192. The van der Waals surface area contributed by atoms with E-state index in [4.69, 9.17) is 17.0 Å². The number of Topliss-reactive ketones (excluding diaryl/α,β-unsaturated/α-hetero) is 1. The Kier molecular flexibility index (Phi) is 9.07. The molecule has 3 aromatic rings. The van der Waals surface area contributed by atoms with Crippen molar-refractivity contribution in [1.82, 2.24) is 0 Å². The van der Waals surface area contributed by atoms with Crippen molar-refractivity contribution < 1.29 is 14.3 Å². The van der Waals surface area contributed by atoms with Crippen LogP contribution in [0, 0.1) is 0 Å². The monoisotopic (exact) mass is 493 g/mol. The number of carbonyl (C=O) groups excluding carboxylic acids is 2. The maximum absolute atomic E-state index is 12.8. The summed E-state index contributed by atoms with van der Waals surface area (Å²) in [6, 6.07) is 22.2. The molecule has 1 unspecified atom stereocenters. The first-order valence-corrected chi connectivity index (χ1v) is 12.1. The van der Waals surface area contributed by atoms with Crippen LogP contribution in [0.4, 0.5) is 17.1 Å². The number of thiocarbonyl (C=S) groups is 1. The zero-order valence-corrected chi connectivity index (χ0v) is 20.9. The van der Waals surface area contributed by atoms with Crippen LogP contribution in [0.1, 0.15) is 31.1 Å². The molecule has 0 saturated heterocycles. The summed E-state index contributed by atoms with van der Waals surface area (Å²) >= 11 is 6.86. The molecule has 176 valence electrons. The van der Waals surface area contributed by atoms with Gasteiger partial charge in [-0.25, -0.2) is 0 Å². The van der Waals surface area contributed by atoms with Crippen LogP contribution in [0.2, 0.25) is 0 Å². The highest BCUT2D eigenvalue weighted by atomic mass is 32.2. The van der Waals surface area contributed by atoms with Crippen LogP contribution in [-0.4, -0.2) is 28.7 Å². The van der Waals surface area contributed by atoms with Crippen LogP contribution >= 0.6 is 24.0 Å². The second-order valence-electron chi connectivity index (χ2n) is 7.42. The van der Waals surface area contributed by atoms with Crippen LogP contribution < -0.4 is 20.7 Å². The highest BCUT2D eigenvalue weighted by Crippen LogP contribution is 2.29. The van der Waals surface area contributed by atoms with E-state index in [1.54, 1.807) is 24.3 Å². The summed E-state index contributed by atoms with van der Waals surface area (Å²) < 4.78 is 5.58. The number of anilines is 3. The number of para-hydroxylation sites is 2. The lowest BCUT2D eigenvalue weighted by Gasteiger charge is -2.15. The molecule has 3 aromatic carbocycles. The van der Waals surface area contributed by atoms with E-state index in [0.29, 0.717) is 28.7 Å². The number of hydrogen-bond donors (Lipinski definition) is 3. The van der Waals surface area contributed by atoms with Gasteiger partial charge in [-0.05, 0) is 87.6 Å². The second kappa shape index (κ2) is 12.2. The van der Waals surface area contributed by atoms with Crippen LogP contribution in [0.3, 0.4) is 0 Å². The first kappa shape index (κ1) is 25.3. The van der Waals surface area contributed by atoms with E-state index in [9.17, 15) is 9.59 Å². The van der Waals surface area contributed by atoms with Crippen molar-refractivity contribution in [3.63, 3.8) is 0 Å². The molecular formula is C26H27N3O3S2. The largest absolute Gasteiger partial charge is 0.492 e. The third-order valence-electron chi connectivity index (χ3n) is 4.77. The number of ether oxygens (including phenoxy) is 1. The summed E-state index contributed by atoms with van der Waals surface area (Å²) in [4.78, 5) is 25.1. The van der Waals surface area contributed by atoms with Gasteiger partial charge in [0.05, 0.1) is 17.5 Å². The SMILES string of the molecule is CCOc1ccccc1NC(=O)C(C)Sc1cccc(NC(=S)Nc2ccc(C(C)=O)cc2)c1. The third-order valence-corrected chi connectivity index (χ3v) is 6.07. The maximum Gasteiger partial charge on any atom is 0.237 e. The molecule has 0 aliphatic carbocycles. The van der Waals surface area contributed by atoms with Gasteiger partial charge in [0.25, 0.3) is 0 Å². The van der Waals surface area contributed by atoms with Gasteiger partial charge >= 0.3 is 0 Å². The number of carbonyl (C=O) groups is 2. The van der Waals surface area contributed by atoms with Gasteiger partial charge in [-0.15, -0.1) is 11.8 Å². The summed E-state index contributed by atoms with van der Waals surface area (Å²) in [5, 5.41) is 9.31. The molecule has 0 radical (unpaired) electrons. The summed E-state index contributed by atoms with van der Waals surface area (Å²) in [6.07, 6.45) is 0. The average Bonchev–Trinajstić information content (AvgIpc) is 2.81. The highest BCUT2D eigenvalue weighted by Gasteiger charge is 2.16. The van der Waals surface area contributed by atoms with Crippen molar-refractivity contribution in [1.29, 1.82) is 0 Å². The molecule has 8 heteroatoms. The van der Waals surface area contributed by atoms with E-state index in [2.05, 4.69) is 16.0 Å². The Bertz CT molecular complexity index is 1170. The smallest absolute Gasteiger partial charge is 0.237 e. The Morgan fingerprint density at radius 1 is 0.941 bits per heavy atom. The first-order chi connectivity index (χ1) is 16.4. The Morgan fingerprint density at radius 3 is 2.35 bits per heavy atom. The molecule has 0 aromatic heterocycles. The number of hydrogen-bond acceptors (Lipinski definition) is 5. The Balaban J connectivity index is 1.57. The Morgan fingerprint density at radius 2 is 1.65 bits per heavy atom. The summed E-state index contributed by atoms with van der Waals surface area (Å²) in [6.45, 7) is 5.82.